The van der Waals surface area contributed by atoms with Crippen molar-refractivity contribution in [2.45, 2.75) is 32.6 Å². The Labute approximate surface area is 114 Å². The number of nitrogens with zero attached hydrogens (tertiary/aromatic N) is 1. The average molecular weight is 255 g/mol. The smallest absolute Gasteiger partial charge is 0.250 e. The lowest BCUT2D eigenvalue weighted by molar-refractivity contribution is 0.642. The maximum atomic E-state index is 11.4. The van der Waals surface area contributed by atoms with Crippen molar-refractivity contribution in [3.05, 3.63) is 58.5 Å². The van der Waals surface area contributed by atoms with E-state index in [1.807, 2.05) is 12.3 Å². The summed E-state index contributed by atoms with van der Waals surface area (Å²) in [5.74, 6) is 0.647. The Bertz CT molecular complexity index is 591. The molecule has 2 nitrogen and oxygen atoms in total. The van der Waals surface area contributed by atoms with Gasteiger partial charge in [0.25, 0.3) is 0 Å². The minimum absolute atomic E-state index is 0.0254. The van der Waals surface area contributed by atoms with Gasteiger partial charge < -0.3 is 4.57 Å². The Balaban J connectivity index is 2.31. The molecule has 0 saturated carbocycles. The first kappa shape index (κ1) is 13.6. The topological polar surface area (TPSA) is 22.0 Å². The Kier molecular flexibility index (Phi) is 4.20. The summed E-state index contributed by atoms with van der Waals surface area (Å²) in [6.07, 6.45) is 4.24. The summed E-state index contributed by atoms with van der Waals surface area (Å²) < 4.78 is 1.62. The van der Waals surface area contributed by atoms with Crippen LogP contribution >= 0.6 is 0 Å². The Morgan fingerprint density at radius 3 is 2.05 bits per heavy atom. The van der Waals surface area contributed by atoms with Gasteiger partial charge in [-0.3, -0.25) is 4.79 Å². The van der Waals surface area contributed by atoms with Crippen molar-refractivity contribution in [2.24, 2.45) is 7.05 Å². The molecule has 1 aromatic heterocycles. The molecule has 1 aromatic carbocycles. The molecule has 0 aliphatic heterocycles. The second kappa shape index (κ2) is 5.87. The highest BCUT2D eigenvalue weighted by molar-refractivity contribution is 5.62. The van der Waals surface area contributed by atoms with Crippen LogP contribution in [0.5, 0.6) is 0 Å². The van der Waals surface area contributed by atoms with Crippen molar-refractivity contribution >= 4 is 0 Å². The van der Waals surface area contributed by atoms with Crippen LogP contribution in [-0.4, -0.2) is 4.57 Å². The summed E-state index contributed by atoms with van der Waals surface area (Å²) in [5, 5.41) is 0. The zero-order chi connectivity index (χ0) is 13.8. The van der Waals surface area contributed by atoms with Crippen molar-refractivity contribution in [1.29, 1.82) is 0 Å². The second-order valence-electron chi connectivity index (χ2n) is 5.00. The fourth-order valence-electron chi connectivity index (χ4n) is 2.47. The number of hydrogen-bond donors (Lipinski definition) is 0. The van der Waals surface area contributed by atoms with E-state index in [-0.39, 0.29) is 5.56 Å². The SMILES string of the molecule is CCC(CC)c1ccc(-c2ccc(=O)n(C)c2)cc1. The van der Waals surface area contributed by atoms with Gasteiger partial charge in [0, 0.05) is 19.3 Å². The van der Waals surface area contributed by atoms with Gasteiger partial charge in [0.05, 0.1) is 0 Å². The lowest BCUT2D eigenvalue weighted by atomic mass is 9.92. The third-order valence-corrected chi connectivity index (χ3v) is 3.79. The third-order valence-electron chi connectivity index (χ3n) is 3.79. The van der Waals surface area contributed by atoms with Crippen LogP contribution in [0.4, 0.5) is 0 Å². The maximum absolute atomic E-state index is 11.4. The van der Waals surface area contributed by atoms with E-state index in [9.17, 15) is 4.79 Å². The molecular weight excluding hydrogens is 234 g/mol. The normalized spacial score (nSPS) is 10.9. The second-order valence-corrected chi connectivity index (χ2v) is 5.00. The van der Waals surface area contributed by atoms with Gasteiger partial charge in [-0.15, -0.1) is 0 Å². The van der Waals surface area contributed by atoms with Crippen molar-refractivity contribution in [2.75, 3.05) is 0 Å². The van der Waals surface area contributed by atoms with Gasteiger partial charge in [0.15, 0.2) is 0 Å². The molecular formula is C17H21NO. The molecule has 2 rings (SSSR count). The Morgan fingerprint density at radius 2 is 1.53 bits per heavy atom. The lowest BCUT2D eigenvalue weighted by Gasteiger charge is -2.13. The number of aromatic nitrogens is 1. The van der Waals surface area contributed by atoms with Crippen LogP contribution in [0.2, 0.25) is 0 Å². The summed E-state index contributed by atoms with van der Waals surface area (Å²) in [5.41, 5.74) is 3.67. The monoisotopic (exact) mass is 255 g/mol. The van der Waals surface area contributed by atoms with Gasteiger partial charge in [-0.05, 0) is 41.5 Å². The summed E-state index contributed by atoms with van der Waals surface area (Å²) in [7, 11) is 1.78. The molecule has 2 aromatic rings. The van der Waals surface area contributed by atoms with Crippen molar-refractivity contribution in [3.63, 3.8) is 0 Å². The van der Waals surface area contributed by atoms with E-state index in [2.05, 4.69) is 38.1 Å². The van der Waals surface area contributed by atoms with Gasteiger partial charge in [0.2, 0.25) is 5.56 Å². The van der Waals surface area contributed by atoms with Crippen LogP contribution in [0.3, 0.4) is 0 Å². The van der Waals surface area contributed by atoms with E-state index in [0.29, 0.717) is 5.92 Å². The molecule has 0 bridgehead atoms. The van der Waals surface area contributed by atoms with Gasteiger partial charge in [-0.25, -0.2) is 0 Å². The lowest BCUT2D eigenvalue weighted by Crippen LogP contribution is -2.13. The van der Waals surface area contributed by atoms with E-state index in [1.54, 1.807) is 17.7 Å². The first-order chi connectivity index (χ1) is 9.15. The van der Waals surface area contributed by atoms with Crippen molar-refractivity contribution in [3.8, 4) is 11.1 Å². The summed E-state index contributed by atoms with van der Waals surface area (Å²) in [6.45, 7) is 4.46. The minimum Gasteiger partial charge on any atom is -0.318 e. The molecule has 0 N–H and O–H groups in total. The van der Waals surface area contributed by atoms with Crippen LogP contribution in [0.25, 0.3) is 11.1 Å². The van der Waals surface area contributed by atoms with Crippen molar-refractivity contribution in [1.82, 2.24) is 4.57 Å². The van der Waals surface area contributed by atoms with Crippen LogP contribution in [0, 0.1) is 0 Å². The first-order valence-electron chi connectivity index (χ1n) is 6.92. The van der Waals surface area contributed by atoms with Gasteiger partial charge in [-0.1, -0.05) is 38.1 Å². The molecule has 2 heteroatoms. The van der Waals surface area contributed by atoms with Gasteiger partial charge in [-0.2, -0.15) is 0 Å². The Hall–Kier alpha value is -1.83. The van der Waals surface area contributed by atoms with Gasteiger partial charge in [0.1, 0.15) is 0 Å². The standard InChI is InChI=1S/C17H21NO/c1-4-13(5-2)14-6-8-15(9-7-14)16-10-11-17(19)18(3)12-16/h6-13H,4-5H2,1-3H3. The van der Waals surface area contributed by atoms with E-state index in [4.69, 9.17) is 0 Å². The molecule has 100 valence electrons. The van der Waals surface area contributed by atoms with E-state index in [1.165, 1.54) is 18.4 Å². The van der Waals surface area contributed by atoms with Crippen molar-refractivity contribution < 1.29 is 0 Å². The molecule has 0 atom stereocenters. The fourth-order valence-corrected chi connectivity index (χ4v) is 2.47. The fraction of sp³-hybridized carbons (Fsp3) is 0.353. The summed E-state index contributed by atoms with van der Waals surface area (Å²) >= 11 is 0. The van der Waals surface area contributed by atoms with E-state index in [0.717, 1.165) is 11.1 Å². The molecule has 0 aliphatic carbocycles. The molecule has 0 fully saturated rings. The number of rotatable bonds is 4. The van der Waals surface area contributed by atoms with Crippen LogP contribution in [0.1, 0.15) is 38.2 Å². The van der Waals surface area contributed by atoms with Crippen LogP contribution in [-0.2, 0) is 7.05 Å². The molecule has 19 heavy (non-hydrogen) atoms. The summed E-state index contributed by atoms with van der Waals surface area (Å²) in [4.78, 5) is 11.4. The van der Waals surface area contributed by atoms with Crippen LogP contribution < -0.4 is 5.56 Å². The average Bonchev–Trinajstić information content (AvgIpc) is 2.44. The molecule has 0 unspecified atom stereocenters. The number of benzene rings is 1. The zero-order valence-corrected chi connectivity index (χ0v) is 11.9. The molecule has 0 aliphatic rings. The Morgan fingerprint density at radius 1 is 0.947 bits per heavy atom. The predicted octanol–water partition coefficient (Wildman–Crippen LogP) is 3.96. The van der Waals surface area contributed by atoms with E-state index >= 15 is 0 Å². The largest absolute Gasteiger partial charge is 0.318 e. The maximum Gasteiger partial charge on any atom is 0.250 e. The molecule has 0 spiro atoms. The molecule has 0 radical (unpaired) electrons. The number of aryl methyl sites for hydroxylation is 1. The highest BCUT2D eigenvalue weighted by atomic mass is 16.1. The predicted molar refractivity (Wildman–Crippen MR) is 80.4 cm³/mol. The highest BCUT2D eigenvalue weighted by Crippen LogP contribution is 2.25. The number of hydrogen-bond acceptors (Lipinski definition) is 1. The third kappa shape index (κ3) is 2.95. The minimum atomic E-state index is 0.0254. The zero-order valence-electron chi connectivity index (χ0n) is 11.9. The number of pyridine rings is 1. The quantitative estimate of drug-likeness (QED) is 0.810. The van der Waals surface area contributed by atoms with Gasteiger partial charge >= 0.3 is 0 Å². The molecule has 0 saturated heterocycles. The van der Waals surface area contributed by atoms with E-state index < -0.39 is 0 Å². The summed E-state index contributed by atoms with van der Waals surface area (Å²) in [6, 6.07) is 12.2. The highest BCUT2D eigenvalue weighted by Gasteiger charge is 2.07. The van der Waals surface area contributed by atoms with Crippen LogP contribution in [0.15, 0.2) is 47.4 Å². The molecule has 0 amide bonds. The first-order valence-corrected chi connectivity index (χ1v) is 6.92. The molecule has 1 heterocycles.